The standard InChI is InChI=1S/C20H25N3O4/c21-20(26)15-6-4-10-23(12-15)18(24)13-27-19(25)9-3-5-14-11-22-17-8-2-1-7-16(14)17/h1-2,7-8,11,15,22H,3-6,9-10,12-13H2,(H2,21,26)/t15-/m1/s1. The highest BCUT2D eigenvalue weighted by atomic mass is 16.5. The molecule has 1 aliphatic heterocycles. The van der Waals surface area contributed by atoms with E-state index in [4.69, 9.17) is 10.5 Å². The summed E-state index contributed by atoms with van der Waals surface area (Å²) in [5.74, 6) is -1.35. The van der Waals surface area contributed by atoms with Gasteiger partial charge in [0.05, 0.1) is 5.92 Å². The molecule has 144 valence electrons. The lowest BCUT2D eigenvalue weighted by Gasteiger charge is -2.31. The first-order chi connectivity index (χ1) is 13.0. The van der Waals surface area contributed by atoms with Gasteiger partial charge in [0, 0.05) is 36.6 Å². The Morgan fingerprint density at radius 3 is 2.89 bits per heavy atom. The molecule has 0 aliphatic carbocycles. The van der Waals surface area contributed by atoms with E-state index in [-0.39, 0.29) is 36.7 Å². The third-order valence-corrected chi connectivity index (χ3v) is 5.04. The number of esters is 1. The summed E-state index contributed by atoms with van der Waals surface area (Å²) in [6.07, 6.45) is 5.08. The summed E-state index contributed by atoms with van der Waals surface area (Å²) in [4.78, 5) is 40.1. The van der Waals surface area contributed by atoms with Crippen molar-refractivity contribution in [2.75, 3.05) is 19.7 Å². The molecule has 0 unspecified atom stereocenters. The van der Waals surface area contributed by atoms with Crippen LogP contribution in [0.25, 0.3) is 10.9 Å². The molecule has 7 nitrogen and oxygen atoms in total. The van der Waals surface area contributed by atoms with E-state index in [1.54, 1.807) is 4.90 Å². The maximum atomic E-state index is 12.2. The molecular formula is C20H25N3O4. The molecule has 2 amide bonds. The Kier molecular flexibility index (Phi) is 6.11. The number of primary amides is 1. The van der Waals surface area contributed by atoms with Gasteiger partial charge in [0.15, 0.2) is 6.61 Å². The topological polar surface area (TPSA) is 105 Å². The third kappa shape index (κ3) is 4.87. The number of H-pyrrole nitrogens is 1. The van der Waals surface area contributed by atoms with Gasteiger partial charge in [0.25, 0.3) is 5.91 Å². The maximum absolute atomic E-state index is 12.2. The van der Waals surface area contributed by atoms with Crippen molar-refractivity contribution in [2.24, 2.45) is 11.7 Å². The molecule has 1 aromatic heterocycles. The molecule has 0 spiro atoms. The van der Waals surface area contributed by atoms with E-state index in [0.717, 1.165) is 23.7 Å². The summed E-state index contributed by atoms with van der Waals surface area (Å²) in [7, 11) is 0. The number of aromatic amines is 1. The number of amides is 2. The third-order valence-electron chi connectivity index (χ3n) is 5.04. The first-order valence-electron chi connectivity index (χ1n) is 9.32. The average Bonchev–Trinajstić information content (AvgIpc) is 3.09. The van der Waals surface area contributed by atoms with Crippen molar-refractivity contribution < 1.29 is 19.1 Å². The fraction of sp³-hybridized carbons (Fsp3) is 0.450. The molecule has 0 radical (unpaired) electrons. The number of benzene rings is 1. The highest BCUT2D eigenvalue weighted by Gasteiger charge is 2.27. The van der Waals surface area contributed by atoms with E-state index in [9.17, 15) is 14.4 Å². The molecule has 0 saturated carbocycles. The normalized spacial score (nSPS) is 17.0. The lowest BCUT2D eigenvalue weighted by Crippen LogP contribution is -2.45. The molecular weight excluding hydrogens is 346 g/mol. The minimum atomic E-state index is -0.387. The van der Waals surface area contributed by atoms with Crippen molar-refractivity contribution in [1.82, 2.24) is 9.88 Å². The van der Waals surface area contributed by atoms with Gasteiger partial charge in [-0.3, -0.25) is 14.4 Å². The second kappa shape index (κ2) is 8.70. The molecule has 3 rings (SSSR count). The highest BCUT2D eigenvalue weighted by Crippen LogP contribution is 2.19. The van der Waals surface area contributed by atoms with E-state index in [1.165, 1.54) is 5.56 Å². The monoisotopic (exact) mass is 371 g/mol. The lowest BCUT2D eigenvalue weighted by atomic mass is 9.97. The smallest absolute Gasteiger partial charge is 0.306 e. The molecule has 2 aromatic rings. The van der Waals surface area contributed by atoms with Crippen LogP contribution in [0.15, 0.2) is 30.5 Å². The Labute approximate surface area is 157 Å². The van der Waals surface area contributed by atoms with Crippen LogP contribution in [0.3, 0.4) is 0 Å². The van der Waals surface area contributed by atoms with E-state index < -0.39 is 0 Å². The van der Waals surface area contributed by atoms with E-state index in [1.807, 2.05) is 24.4 Å². The Bertz CT molecular complexity index is 829. The van der Waals surface area contributed by atoms with E-state index in [2.05, 4.69) is 11.1 Å². The van der Waals surface area contributed by atoms with Crippen molar-refractivity contribution >= 4 is 28.7 Å². The van der Waals surface area contributed by atoms with Gasteiger partial charge < -0.3 is 20.4 Å². The van der Waals surface area contributed by atoms with Gasteiger partial charge in [0.1, 0.15) is 0 Å². The SMILES string of the molecule is NC(=O)[C@@H]1CCCN(C(=O)COC(=O)CCCc2c[nH]c3ccccc23)C1. The molecule has 1 saturated heterocycles. The number of rotatable bonds is 7. The minimum Gasteiger partial charge on any atom is -0.456 e. The Morgan fingerprint density at radius 2 is 2.07 bits per heavy atom. The number of carbonyl (C=O) groups excluding carboxylic acids is 3. The number of aryl methyl sites for hydroxylation is 1. The molecule has 0 bridgehead atoms. The van der Waals surface area contributed by atoms with Crippen LogP contribution in [0.4, 0.5) is 0 Å². The fourth-order valence-corrected chi connectivity index (χ4v) is 3.50. The number of para-hydroxylation sites is 1. The molecule has 7 heteroatoms. The highest BCUT2D eigenvalue weighted by molar-refractivity contribution is 5.83. The van der Waals surface area contributed by atoms with Gasteiger partial charge in [-0.15, -0.1) is 0 Å². The molecule has 1 atom stereocenters. The second-order valence-corrected chi connectivity index (χ2v) is 6.96. The van der Waals surface area contributed by atoms with Crippen LogP contribution in [-0.4, -0.2) is 47.4 Å². The number of carbonyl (C=O) groups is 3. The molecule has 3 N–H and O–H groups in total. The summed E-state index contributed by atoms with van der Waals surface area (Å²) < 4.78 is 5.11. The quantitative estimate of drug-likeness (QED) is 0.723. The van der Waals surface area contributed by atoms with Crippen molar-refractivity contribution in [3.05, 3.63) is 36.0 Å². The number of piperidine rings is 1. The second-order valence-electron chi connectivity index (χ2n) is 6.96. The number of aromatic nitrogens is 1. The van der Waals surface area contributed by atoms with Gasteiger partial charge in [0.2, 0.25) is 5.91 Å². The Balaban J connectivity index is 1.39. The van der Waals surface area contributed by atoms with E-state index >= 15 is 0 Å². The number of hydrogen-bond acceptors (Lipinski definition) is 4. The first kappa shape index (κ1) is 18.9. The summed E-state index contributed by atoms with van der Waals surface area (Å²) in [5, 5.41) is 1.16. The number of nitrogens with zero attached hydrogens (tertiary/aromatic N) is 1. The van der Waals surface area contributed by atoms with Gasteiger partial charge in [-0.1, -0.05) is 18.2 Å². The van der Waals surface area contributed by atoms with Crippen molar-refractivity contribution in [3.63, 3.8) is 0 Å². The van der Waals surface area contributed by atoms with Crippen LogP contribution in [0.5, 0.6) is 0 Å². The fourth-order valence-electron chi connectivity index (χ4n) is 3.50. The van der Waals surface area contributed by atoms with Gasteiger partial charge in [-0.25, -0.2) is 0 Å². The Morgan fingerprint density at radius 1 is 1.26 bits per heavy atom. The van der Waals surface area contributed by atoms with E-state index in [0.29, 0.717) is 25.9 Å². The summed E-state index contributed by atoms with van der Waals surface area (Å²) in [6.45, 7) is 0.602. The zero-order valence-corrected chi connectivity index (χ0v) is 15.3. The van der Waals surface area contributed by atoms with Crippen molar-refractivity contribution in [3.8, 4) is 0 Å². The zero-order chi connectivity index (χ0) is 19.2. The van der Waals surface area contributed by atoms with Crippen LogP contribution >= 0.6 is 0 Å². The van der Waals surface area contributed by atoms with Crippen LogP contribution < -0.4 is 5.73 Å². The molecule has 2 heterocycles. The number of nitrogens with one attached hydrogen (secondary N) is 1. The molecule has 27 heavy (non-hydrogen) atoms. The number of likely N-dealkylation sites (tertiary alicyclic amines) is 1. The van der Waals surface area contributed by atoms with Crippen LogP contribution in [0.2, 0.25) is 0 Å². The summed E-state index contributed by atoms with van der Waals surface area (Å²) in [6, 6.07) is 8.03. The van der Waals surface area contributed by atoms with Crippen LogP contribution in [-0.2, 0) is 25.5 Å². The molecule has 1 aliphatic rings. The largest absolute Gasteiger partial charge is 0.456 e. The van der Waals surface area contributed by atoms with Gasteiger partial charge >= 0.3 is 5.97 Å². The maximum Gasteiger partial charge on any atom is 0.306 e. The van der Waals surface area contributed by atoms with Gasteiger partial charge in [-0.05, 0) is 37.3 Å². The number of nitrogens with two attached hydrogens (primary N) is 1. The van der Waals surface area contributed by atoms with Crippen molar-refractivity contribution in [1.29, 1.82) is 0 Å². The van der Waals surface area contributed by atoms with Crippen LogP contribution in [0, 0.1) is 5.92 Å². The Hall–Kier alpha value is -2.83. The number of fused-ring (bicyclic) bond motifs is 1. The predicted molar refractivity (Wildman–Crippen MR) is 101 cm³/mol. The predicted octanol–water partition coefficient (Wildman–Crippen LogP) is 1.76. The first-order valence-corrected chi connectivity index (χ1v) is 9.32. The number of hydrogen-bond donors (Lipinski definition) is 2. The summed E-state index contributed by atoms with van der Waals surface area (Å²) >= 11 is 0. The van der Waals surface area contributed by atoms with Crippen molar-refractivity contribution in [2.45, 2.75) is 32.1 Å². The number of ether oxygens (including phenoxy) is 1. The average molecular weight is 371 g/mol. The zero-order valence-electron chi connectivity index (χ0n) is 15.3. The minimum absolute atomic E-state index is 0.261. The van der Waals surface area contributed by atoms with Gasteiger partial charge in [-0.2, -0.15) is 0 Å². The lowest BCUT2D eigenvalue weighted by molar-refractivity contribution is -0.153. The van der Waals surface area contributed by atoms with Crippen LogP contribution in [0.1, 0.15) is 31.2 Å². The summed E-state index contributed by atoms with van der Waals surface area (Å²) in [5.41, 5.74) is 7.56. The molecule has 1 fully saturated rings. The molecule has 1 aromatic carbocycles.